The number of para-hydroxylation sites is 1. The van der Waals surface area contributed by atoms with E-state index in [-0.39, 0.29) is 17.0 Å². The molecule has 1 N–H and O–H groups in total. The van der Waals surface area contributed by atoms with Crippen LogP contribution in [0.25, 0.3) is 6.08 Å². The molecule has 144 valence electrons. The Morgan fingerprint density at radius 1 is 1.14 bits per heavy atom. The Morgan fingerprint density at radius 3 is 2.57 bits per heavy atom. The fourth-order valence-corrected chi connectivity index (χ4v) is 3.79. The lowest BCUT2D eigenvalue weighted by atomic mass is 10.1. The number of imide groups is 2. The molecule has 4 amide bonds. The summed E-state index contributed by atoms with van der Waals surface area (Å²) in [4.78, 5) is 39.8. The SMILES string of the molecule is O=C1NC(=O)N(c2ccccc2F)C(=O)/C1=C/c1cc(Br)c(N2CCCC2)o1. The molecule has 7 nitrogen and oxygen atoms in total. The lowest BCUT2D eigenvalue weighted by molar-refractivity contribution is -0.122. The zero-order valence-electron chi connectivity index (χ0n) is 14.6. The summed E-state index contributed by atoms with van der Waals surface area (Å²) >= 11 is 3.43. The lowest BCUT2D eigenvalue weighted by Crippen LogP contribution is -2.54. The summed E-state index contributed by atoms with van der Waals surface area (Å²) in [7, 11) is 0. The molecule has 2 aliphatic rings. The van der Waals surface area contributed by atoms with Crippen LogP contribution in [0.4, 0.5) is 20.8 Å². The van der Waals surface area contributed by atoms with Crippen LogP contribution < -0.4 is 15.1 Å². The van der Waals surface area contributed by atoms with Gasteiger partial charge in [-0.3, -0.25) is 14.9 Å². The highest BCUT2D eigenvalue weighted by atomic mass is 79.9. The van der Waals surface area contributed by atoms with Crippen LogP contribution in [0, 0.1) is 5.82 Å². The highest BCUT2D eigenvalue weighted by molar-refractivity contribution is 9.10. The van der Waals surface area contributed by atoms with Crippen LogP contribution in [0.15, 0.2) is 44.8 Å². The van der Waals surface area contributed by atoms with Crippen molar-refractivity contribution in [3.63, 3.8) is 0 Å². The summed E-state index contributed by atoms with van der Waals surface area (Å²) in [6.45, 7) is 1.72. The van der Waals surface area contributed by atoms with Crippen molar-refractivity contribution in [2.24, 2.45) is 0 Å². The molecule has 0 unspecified atom stereocenters. The average molecular weight is 448 g/mol. The molecule has 0 spiro atoms. The minimum Gasteiger partial charge on any atom is -0.440 e. The van der Waals surface area contributed by atoms with Crippen LogP contribution in [-0.2, 0) is 9.59 Å². The zero-order chi connectivity index (χ0) is 19.8. The van der Waals surface area contributed by atoms with Gasteiger partial charge in [-0.15, -0.1) is 0 Å². The van der Waals surface area contributed by atoms with Crippen LogP contribution in [-0.4, -0.2) is 30.9 Å². The fourth-order valence-electron chi connectivity index (χ4n) is 3.24. The molecule has 0 atom stereocenters. The van der Waals surface area contributed by atoms with Crippen LogP contribution in [0.2, 0.25) is 0 Å². The number of nitrogens with zero attached hydrogens (tertiary/aromatic N) is 2. The summed E-state index contributed by atoms with van der Waals surface area (Å²) in [6, 6.07) is 5.98. The summed E-state index contributed by atoms with van der Waals surface area (Å²) < 4.78 is 20.6. The number of amides is 4. The molecule has 4 rings (SSSR count). The number of hydrogen-bond acceptors (Lipinski definition) is 5. The number of anilines is 2. The summed E-state index contributed by atoms with van der Waals surface area (Å²) in [6.07, 6.45) is 3.37. The van der Waals surface area contributed by atoms with Gasteiger partial charge in [0.05, 0.1) is 10.2 Å². The van der Waals surface area contributed by atoms with E-state index in [2.05, 4.69) is 26.1 Å². The van der Waals surface area contributed by atoms with Crippen LogP contribution in [0.3, 0.4) is 0 Å². The maximum atomic E-state index is 14.1. The monoisotopic (exact) mass is 447 g/mol. The van der Waals surface area contributed by atoms with Crippen molar-refractivity contribution in [3.8, 4) is 0 Å². The molecule has 2 aromatic rings. The quantitative estimate of drug-likeness (QED) is 0.575. The van der Waals surface area contributed by atoms with Gasteiger partial charge in [0, 0.05) is 19.2 Å². The van der Waals surface area contributed by atoms with E-state index in [4.69, 9.17) is 4.42 Å². The zero-order valence-corrected chi connectivity index (χ0v) is 16.2. The third-order valence-corrected chi connectivity index (χ3v) is 5.13. The summed E-state index contributed by atoms with van der Waals surface area (Å²) in [5, 5.41) is 2.06. The van der Waals surface area contributed by atoms with Crippen molar-refractivity contribution < 1.29 is 23.2 Å². The van der Waals surface area contributed by atoms with Gasteiger partial charge >= 0.3 is 6.03 Å². The fraction of sp³-hybridized carbons (Fsp3) is 0.211. The Kier molecular flexibility index (Phi) is 4.76. The number of carbonyl (C=O) groups is 3. The Labute approximate surface area is 167 Å². The number of nitrogens with one attached hydrogen (secondary N) is 1. The molecule has 1 aromatic carbocycles. The summed E-state index contributed by atoms with van der Waals surface area (Å²) in [5.41, 5.74) is -0.557. The molecule has 0 bridgehead atoms. The molecular formula is C19H15BrFN3O4. The Balaban J connectivity index is 1.69. The number of furan rings is 1. The van der Waals surface area contributed by atoms with Gasteiger partial charge in [-0.25, -0.2) is 14.1 Å². The Morgan fingerprint density at radius 2 is 1.86 bits per heavy atom. The maximum absolute atomic E-state index is 14.1. The van der Waals surface area contributed by atoms with Gasteiger partial charge < -0.3 is 9.32 Å². The van der Waals surface area contributed by atoms with Crippen molar-refractivity contribution in [3.05, 3.63) is 52.0 Å². The van der Waals surface area contributed by atoms with Gasteiger partial charge in [-0.05, 0) is 47.0 Å². The molecular weight excluding hydrogens is 433 g/mol. The standard InChI is InChI=1S/C19H15BrFN3O4/c20-13-10-11(28-18(13)23-7-3-4-8-23)9-12-16(25)22-19(27)24(17(12)26)15-6-2-1-5-14(15)21/h1-2,5-6,9-10H,3-4,7-8H2,(H,22,25,27)/b12-9+. The van der Waals surface area contributed by atoms with E-state index in [9.17, 15) is 18.8 Å². The lowest BCUT2D eigenvalue weighted by Gasteiger charge is -2.26. The number of halogens is 2. The molecule has 0 saturated carbocycles. The predicted octanol–water partition coefficient (Wildman–Crippen LogP) is 3.45. The number of carbonyl (C=O) groups excluding carboxylic acids is 3. The van der Waals surface area contributed by atoms with Gasteiger partial charge in [-0.1, -0.05) is 12.1 Å². The Bertz CT molecular complexity index is 1010. The van der Waals surface area contributed by atoms with E-state index in [0.29, 0.717) is 15.3 Å². The third-order valence-electron chi connectivity index (χ3n) is 4.56. The van der Waals surface area contributed by atoms with Crippen LogP contribution in [0.5, 0.6) is 0 Å². The predicted molar refractivity (Wildman–Crippen MR) is 103 cm³/mol. The van der Waals surface area contributed by atoms with Crippen molar-refractivity contribution in [2.75, 3.05) is 22.9 Å². The first-order valence-electron chi connectivity index (χ1n) is 8.66. The number of barbiturate groups is 1. The van der Waals surface area contributed by atoms with Crippen molar-refractivity contribution in [1.29, 1.82) is 0 Å². The average Bonchev–Trinajstić information content (AvgIpc) is 3.29. The molecule has 2 saturated heterocycles. The maximum Gasteiger partial charge on any atom is 0.336 e. The Hall–Kier alpha value is -2.94. The largest absolute Gasteiger partial charge is 0.440 e. The minimum atomic E-state index is -1.00. The first-order valence-corrected chi connectivity index (χ1v) is 9.45. The van der Waals surface area contributed by atoms with E-state index in [1.807, 2.05) is 0 Å². The smallest absolute Gasteiger partial charge is 0.336 e. The van der Waals surface area contributed by atoms with Gasteiger partial charge in [0.1, 0.15) is 17.2 Å². The first kappa shape index (κ1) is 18.4. The van der Waals surface area contributed by atoms with Crippen molar-refractivity contribution >= 4 is 51.4 Å². The molecule has 2 aliphatic heterocycles. The molecule has 3 heterocycles. The van der Waals surface area contributed by atoms with Crippen LogP contribution in [0.1, 0.15) is 18.6 Å². The van der Waals surface area contributed by atoms with Crippen LogP contribution >= 0.6 is 15.9 Å². The van der Waals surface area contributed by atoms with E-state index in [1.54, 1.807) is 6.07 Å². The molecule has 1 aromatic heterocycles. The van der Waals surface area contributed by atoms with Gasteiger partial charge in [0.25, 0.3) is 11.8 Å². The number of benzene rings is 1. The minimum absolute atomic E-state index is 0.234. The van der Waals surface area contributed by atoms with Gasteiger partial charge in [0.2, 0.25) is 5.88 Å². The van der Waals surface area contributed by atoms with Gasteiger partial charge in [0.15, 0.2) is 0 Å². The molecule has 28 heavy (non-hydrogen) atoms. The van der Waals surface area contributed by atoms with Crippen molar-refractivity contribution in [1.82, 2.24) is 5.32 Å². The molecule has 2 fully saturated rings. The summed E-state index contributed by atoms with van der Waals surface area (Å²) in [5.74, 6) is -1.64. The number of rotatable bonds is 3. The second-order valence-electron chi connectivity index (χ2n) is 6.41. The second-order valence-corrected chi connectivity index (χ2v) is 7.26. The third kappa shape index (κ3) is 3.22. The normalized spacial score (nSPS) is 18.9. The highest BCUT2D eigenvalue weighted by Gasteiger charge is 2.38. The first-order chi connectivity index (χ1) is 13.5. The molecule has 0 radical (unpaired) electrons. The second kappa shape index (κ2) is 7.23. The topological polar surface area (TPSA) is 82.9 Å². The van der Waals surface area contributed by atoms with E-state index in [1.165, 1.54) is 24.3 Å². The highest BCUT2D eigenvalue weighted by Crippen LogP contribution is 2.34. The molecule has 0 aliphatic carbocycles. The van der Waals surface area contributed by atoms with E-state index < -0.39 is 23.7 Å². The number of hydrogen-bond donors (Lipinski definition) is 1. The molecule has 9 heteroatoms. The van der Waals surface area contributed by atoms with Gasteiger partial charge in [-0.2, -0.15) is 0 Å². The van der Waals surface area contributed by atoms with E-state index >= 15 is 0 Å². The van der Waals surface area contributed by atoms with Crippen molar-refractivity contribution in [2.45, 2.75) is 12.8 Å². The van der Waals surface area contributed by atoms with E-state index in [0.717, 1.165) is 32.0 Å². The number of urea groups is 1.